The molecule has 4 nitrogen and oxygen atoms in total. The summed E-state index contributed by atoms with van der Waals surface area (Å²) in [5.41, 5.74) is 2.32. The van der Waals surface area contributed by atoms with Crippen LogP contribution >= 0.6 is 0 Å². The molecule has 0 saturated carbocycles. The number of nitrogens with zero attached hydrogens (tertiary/aromatic N) is 1. The second-order valence-corrected chi connectivity index (χ2v) is 7.43. The summed E-state index contributed by atoms with van der Waals surface area (Å²) >= 11 is 0. The number of amides is 1. The molecule has 0 unspecified atom stereocenters. The summed E-state index contributed by atoms with van der Waals surface area (Å²) in [6.07, 6.45) is 0. The van der Waals surface area contributed by atoms with E-state index in [1.807, 2.05) is 4.90 Å². The zero-order chi connectivity index (χ0) is 21.8. The first-order valence-electron chi connectivity index (χ1n) is 9.92. The van der Waals surface area contributed by atoms with Crippen molar-refractivity contribution in [1.82, 2.24) is 10.2 Å². The second kappa shape index (κ2) is 9.22. The van der Waals surface area contributed by atoms with Crippen molar-refractivity contribution in [3.05, 3.63) is 100 Å². The Morgan fingerprint density at radius 3 is 2.55 bits per heavy atom. The Labute approximate surface area is 178 Å². The first-order chi connectivity index (χ1) is 15.0. The summed E-state index contributed by atoms with van der Waals surface area (Å²) < 4.78 is 46.3. The van der Waals surface area contributed by atoms with E-state index in [-0.39, 0.29) is 30.4 Å². The molecule has 31 heavy (non-hydrogen) atoms. The maximum atomic E-state index is 14.0. The molecule has 1 N–H and O–H groups in total. The Balaban J connectivity index is 1.46. The van der Waals surface area contributed by atoms with E-state index in [9.17, 15) is 18.0 Å². The lowest BCUT2D eigenvalue weighted by atomic mass is 10.1. The van der Waals surface area contributed by atoms with Crippen LogP contribution in [0.3, 0.4) is 0 Å². The molecular formula is C24H21F3N2O2. The summed E-state index contributed by atoms with van der Waals surface area (Å²) in [6.45, 7) is 1.88. The molecule has 0 bridgehead atoms. The highest BCUT2D eigenvalue weighted by atomic mass is 19.1. The van der Waals surface area contributed by atoms with Gasteiger partial charge in [-0.3, -0.25) is 9.69 Å². The predicted octanol–water partition coefficient (Wildman–Crippen LogP) is 4.43. The molecular weight excluding hydrogens is 405 g/mol. The van der Waals surface area contributed by atoms with Crippen molar-refractivity contribution in [3.8, 4) is 5.75 Å². The minimum Gasteiger partial charge on any atom is -0.492 e. The van der Waals surface area contributed by atoms with Crippen LogP contribution in [0, 0.1) is 17.5 Å². The molecule has 0 fully saturated rings. The van der Waals surface area contributed by atoms with E-state index in [1.54, 1.807) is 30.3 Å². The Morgan fingerprint density at radius 1 is 0.968 bits per heavy atom. The van der Waals surface area contributed by atoms with Crippen LogP contribution in [0.1, 0.15) is 27.0 Å². The fraction of sp³-hybridized carbons (Fsp3) is 0.208. The lowest BCUT2D eigenvalue weighted by Gasteiger charge is -2.20. The molecule has 0 atom stereocenters. The Bertz CT molecular complexity index is 1090. The number of hydrogen-bond donors (Lipinski definition) is 1. The first kappa shape index (κ1) is 20.9. The molecule has 1 aliphatic heterocycles. The fourth-order valence-corrected chi connectivity index (χ4v) is 3.52. The van der Waals surface area contributed by atoms with E-state index in [2.05, 4.69) is 5.32 Å². The average molecular weight is 426 g/mol. The van der Waals surface area contributed by atoms with Gasteiger partial charge in [0.15, 0.2) is 0 Å². The first-order valence-corrected chi connectivity index (χ1v) is 9.92. The van der Waals surface area contributed by atoms with Gasteiger partial charge in [0, 0.05) is 42.9 Å². The molecule has 160 valence electrons. The second-order valence-electron chi connectivity index (χ2n) is 7.43. The minimum atomic E-state index is -0.483. The highest BCUT2D eigenvalue weighted by Gasteiger charge is 2.19. The van der Waals surface area contributed by atoms with Gasteiger partial charge in [-0.05, 0) is 54.1 Å². The number of hydrogen-bond acceptors (Lipinski definition) is 3. The number of benzene rings is 3. The van der Waals surface area contributed by atoms with Crippen molar-refractivity contribution in [2.75, 3.05) is 13.2 Å². The van der Waals surface area contributed by atoms with Crippen LogP contribution in [0.2, 0.25) is 0 Å². The quantitative estimate of drug-likeness (QED) is 0.657. The van der Waals surface area contributed by atoms with Crippen LogP contribution in [0.5, 0.6) is 5.75 Å². The average Bonchev–Trinajstić information content (AvgIpc) is 2.96. The van der Waals surface area contributed by atoms with Crippen LogP contribution in [-0.2, 0) is 19.6 Å². The van der Waals surface area contributed by atoms with Gasteiger partial charge in [0.1, 0.15) is 29.8 Å². The van der Waals surface area contributed by atoms with Crippen LogP contribution in [-0.4, -0.2) is 24.0 Å². The zero-order valence-electron chi connectivity index (χ0n) is 16.7. The normalized spacial score (nSPS) is 13.8. The molecule has 0 radical (unpaired) electrons. The van der Waals surface area contributed by atoms with Crippen LogP contribution in [0.15, 0.2) is 60.7 Å². The SMILES string of the molecule is O=C(NCc1ccc(F)cc1)c1ccc2c(c1)CN(Cc1cc(F)ccc1F)CCO2. The summed E-state index contributed by atoms with van der Waals surface area (Å²) in [4.78, 5) is 14.5. The summed E-state index contributed by atoms with van der Waals surface area (Å²) in [5, 5.41) is 2.81. The molecule has 7 heteroatoms. The summed E-state index contributed by atoms with van der Waals surface area (Å²) in [7, 11) is 0. The molecule has 0 aliphatic carbocycles. The van der Waals surface area contributed by atoms with Crippen LogP contribution in [0.25, 0.3) is 0 Å². The van der Waals surface area contributed by atoms with E-state index in [1.165, 1.54) is 18.2 Å². The van der Waals surface area contributed by atoms with Gasteiger partial charge in [0.05, 0.1) is 0 Å². The smallest absolute Gasteiger partial charge is 0.251 e. The zero-order valence-corrected chi connectivity index (χ0v) is 16.7. The number of fused-ring (bicyclic) bond motifs is 1. The number of halogens is 3. The maximum Gasteiger partial charge on any atom is 0.251 e. The highest BCUT2D eigenvalue weighted by Crippen LogP contribution is 2.26. The highest BCUT2D eigenvalue weighted by molar-refractivity contribution is 5.94. The van der Waals surface area contributed by atoms with Gasteiger partial charge < -0.3 is 10.1 Å². The van der Waals surface area contributed by atoms with E-state index < -0.39 is 11.6 Å². The van der Waals surface area contributed by atoms with Crippen LogP contribution in [0.4, 0.5) is 13.2 Å². The Kier molecular flexibility index (Phi) is 6.23. The molecule has 1 heterocycles. The van der Waals surface area contributed by atoms with Crippen LogP contribution < -0.4 is 10.1 Å². The van der Waals surface area contributed by atoms with Crippen molar-refractivity contribution in [2.24, 2.45) is 0 Å². The molecule has 1 aliphatic rings. The third-order valence-corrected chi connectivity index (χ3v) is 5.15. The number of rotatable bonds is 5. The minimum absolute atomic E-state index is 0.230. The van der Waals surface area contributed by atoms with Crippen molar-refractivity contribution in [2.45, 2.75) is 19.6 Å². The molecule has 3 aromatic rings. The lowest BCUT2D eigenvalue weighted by Crippen LogP contribution is -2.26. The van der Waals surface area contributed by atoms with Crippen molar-refractivity contribution in [1.29, 1.82) is 0 Å². The monoisotopic (exact) mass is 426 g/mol. The third-order valence-electron chi connectivity index (χ3n) is 5.15. The number of carbonyl (C=O) groups is 1. The van der Waals surface area contributed by atoms with E-state index >= 15 is 0 Å². The number of carbonyl (C=O) groups excluding carboxylic acids is 1. The Morgan fingerprint density at radius 2 is 1.74 bits per heavy atom. The fourth-order valence-electron chi connectivity index (χ4n) is 3.52. The standard InChI is InChI=1S/C24H21F3N2O2/c25-20-4-1-16(2-5-20)13-28-24(30)17-3-8-23-19(11-17)15-29(9-10-31-23)14-18-12-21(26)6-7-22(18)27/h1-8,11-12H,9-10,13-15H2,(H,28,30). The van der Waals surface area contributed by atoms with Gasteiger partial charge in [-0.15, -0.1) is 0 Å². The topological polar surface area (TPSA) is 41.6 Å². The molecule has 0 saturated heterocycles. The Hall–Kier alpha value is -3.32. The van der Waals surface area contributed by atoms with E-state index in [0.29, 0.717) is 31.0 Å². The number of nitrogens with one attached hydrogen (secondary N) is 1. The van der Waals surface area contributed by atoms with Gasteiger partial charge in [0.25, 0.3) is 5.91 Å². The van der Waals surface area contributed by atoms with E-state index in [0.717, 1.165) is 23.3 Å². The maximum absolute atomic E-state index is 14.0. The van der Waals surface area contributed by atoms with Crippen molar-refractivity contribution < 1.29 is 22.7 Å². The third kappa shape index (κ3) is 5.24. The molecule has 1 amide bonds. The predicted molar refractivity (Wildman–Crippen MR) is 110 cm³/mol. The lowest BCUT2D eigenvalue weighted by molar-refractivity contribution is 0.0950. The molecule has 0 aromatic heterocycles. The number of ether oxygens (including phenoxy) is 1. The van der Waals surface area contributed by atoms with Gasteiger partial charge in [-0.1, -0.05) is 12.1 Å². The molecule has 4 rings (SSSR count). The van der Waals surface area contributed by atoms with Crippen molar-refractivity contribution >= 4 is 5.91 Å². The van der Waals surface area contributed by atoms with Gasteiger partial charge in [0.2, 0.25) is 0 Å². The van der Waals surface area contributed by atoms with Gasteiger partial charge in [-0.2, -0.15) is 0 Å². The van der Waals surface area contributed by atoms with Crippen molar-refractivity contribution in [3.63, 3.8) is 0 Å². The van der Waals surface area contributed by atoms with E-state index in [4.69, 9.17) is 4.74 Å². The summed E-state index contributed by atoms with van der Waals surface area (Å²) in [6, 6.07) is 14.5. The van der Waals surface area contributed by atoms with Gasteiger partial charge in [-0.25, -0.2) is 13.2 Å². The molecule has 3 aromatic carbocycles. The molecule has 0 spiro atoms. The van der Waals surface area contributed by atoms with Gasteiger partial charge >= 0.3 is 0 Å². The largest absolute Gasteiger partial charge is 0.492 e. The summed E-state index contributed by atoms with van der Waals surface area (Å²) in [5.74, 6) is -0.872.